The molecule has 0 unspecified atom stereocenters. The van der Waals surface area contributed by atoms with Crippen molar-refractivity contribution in [3.05, 3.63) is 34.6 Å². The van der Waals surface area contributed by atoms with E-state index in [0.717, 1.165) is 30.4 Å². The van der Waals surface area contributed by atoms with Gasteiger partial charge >= 0.3 is 0 Å². The van der Waals surface area contributed by atoms with E-state index >= 15 is 0 Å². The Balaban J connectivity index is 2.20. The van der Waals surface area contributed by atoms with E-state index < -0.39 is 0 Å². The van der Waals surface area contributed by atoms with Crippen LogP contribution in [0, 0.1) is 5.82 Å². The van der Waals surface area contributed by atoms with Crippen LogP contribution in [0.25, 0.3) is 0 Å². The van der Waals surface area contributed by atoms with Gasteiger partial charge in [0.1, 0.15) is 5.82 Å². The first-order valence-corrected chi connectivity index (χ1v) is 6.20. The molecular formula is C14H16FNO. The van der Waals surface area contributed by atoms with Crippen molar-refractivity contribution >= 4 is 5.91 Å². The van der Waals surface area contributed by atoms with Crippen LogP contribution in [0.3, 0.4) is 0 Å². The molecule has 1 heterocycles. The van der Waals surface area contributed by atoms with Crippen molar-refractivity contribution in [2.24, 2.45) is 0 Å². The number of carbonyl (C=O) groups is 1. The first kappa shape index (κ1) is 10.8. The zero-order chi connectivity index (χ0) is 12.2. The fraction of sp³-hybridized carbons (Fsp3) is 0.500. The molecule has 1 amide bonds. The Morgan fingerprint density at radius 2 is 2.06 bits per heavy atom. The van der Waals surface area contributed by atoms with Gasteiger partial charge in [0.25, 0.3) is 5.91 Å². The van der Waals surface area contributed by atoms with Crippen LogP contribution in [-0.2, 0) is 5.54 Å². The van der Waals surface area contributed by atoms with Crippen molar-refractivity contribution in [1.82, 2.24) is 5.32 Å². The molecule has 1 N–H and O–H groups in total. The minimum absolute atomic E-state index is 0.243. The summed E-state index contributed by atoms with van der Waals surface area (Å²) in [6, 6.07) is 3.51. The second-order valence-corrected chi connectivity index (χ2v) is 5.47. The standard InChI is InChI=1S/C14H16FNO/c1-8(2)9-6-10-12(11(15)7-9)13(17)16-14(10)4-3-5-14/h6-8H,3-5H2,1-2H3,(H,16,17). The highest BCUT2D eigenvalue weighted by molar-refractivity contribution is 6.00. The number of hydrogen-bond acceptors (Lipinski definition) is 1. The molecule has 1 aliphatic carbocycles. The van der Waals surface area contributed by atoms with Gasteiger partial charge < -0.3 is 5.32 Å². The van der Waals surface area contributed by atoms with E-state index in [9.17, 15) is 9.18 Å². The van der Waals surface area contributed by atoms with Crippen LogP contribution in [0.15, 0.2) is 12.1 Å². The minimum atomic E-state index is -0.368. The van der Waals surface area contributed by atoms with Gasteiger partial charge in [-0.25, -0.2) is 4.39 Å². The van der Waals surface area contributed by atoms with Crippen molar-refractivity contribution in [3.63, 3.8) is 0 Å². The van der Waals surface area contributed by atoms with Gasteiger partial charge in [0, 0.05) is 0 Å². The molecule has 0 aromatic heterocycles. The highest BCUT2D eigenvalue weighted by atomic mass is 19.1. The van der Waals surface area contributed by atoms with E-state index in [1.165, 1.54) is 6.07 Å². The molecule has 1 aromatic carbocycles. The van der Waals surface area contributed by atoms with Crippen LogP contribution in [0.4, 0.5) is 4.39 Å². The number of halogens is 1. The van der Waals surface area contributed by atoms with E-state index in [4.69, 9.17) is 0 Å². The highest BCUT2D eigenvalue weighted by Gasteiger charge is 2.48. The molecule has 1 spiro atoms. The normalized spacial score (nSPS) is 20.4. The number of fused-ring (bicyclic) bond motifs is 2. The number of nitrogens with one attached hydrogen (secondary N) is 1. The molecule has 1 fully saturated rings. The zero-order valence-electron chi connectivity index (χ0n) is 10.1. The molecule has 17 heavy (non-hydrogen) atoms. The Morgan fingerprint density at radius 1 is 1.35 bits per heavy atom. The van der Waals surface area contributed by atoms with E-state index in [0.29, 0.717) is 0 Å². The summed E-state index contributed by atoms with van der Waals surface area (Å²) in [6.45, 7) is 4.08. The lowest BCUT2D eigenvalue weighted by molar-refractivity contribution is 0.0878. The first-order valence-electron chi connectivity index (χ1n) is 6.20. The number of amides is 1. The highest BCUT2D eigenvalue weighted by Crippen LogP contribution is 2.47. The lowest BCUT2D eigenvalue weighted by Crippen LogP contribution is -2.45. The fourth-order valence-electron chi connectivity index (χ4n) is 2.84. The number of hydrogen-bond donors (Lipinski definition) is 1. The third-order valence-electron chi connectivity index (χ3n) is 4.08. The summed E-state index contributed by atoms with van der Waals surface area (Å²) >= 11 is 0. The van der Waals surface area contributed by atoms with Crippen molar-refractivity contribution in [1.29, 1.82) is 0 Å². The topological polar surface area (TPSA) is 29.1 Å². The van der Waals surface area contributed by atoms with Gasteiger partial charge in [-0.15, -0.1) is 0 Å². The molecule has 2 aliphatic rings. The lowest BCUT2D eigenvalue weighted by atomic mass is 9.72. The minimum Gasteiger partial charge on any atom is -0.342 e. The molecule has 1 aliphatic heterocycles. The van der Waals surface area contributed by atoms with E-state index in [2.05, 4.69) is 5.32 Å². The Morgan fingerprint density at radius 3 is 2.59 bits per heavy atom. The summed E-state index contributed by atoms with van der Waals surface area (Å²) < 4.78 is 14.0. The average molecular weight is 233 g/mol. The van der Waals surface area contributed by atoms with Crippen LogP contribution in [0.2, 0.25) is 0 Å². The van der Waals surface area contributed by atoms with Gasteiger partial charge in [0.15, 0.2) is 0 Å². The van der Waals surface area contributed by atoms with Gasteiger partial charge in [-0.05, 0) is 42.4 Å². The molecule has 90 valence electrons. The molecule has 1 saturated carbocycles. The molecule has 3 heteroatoms. The molecule has 1 aromatic rings. The molecule has 0 radical (unpaired) electrons. The summed E-state index contributed by atoms with van der Waals surface area (Å²) in [5.74, 6) is -0.331. The predicted octanol–water partition coefficient (Wildman–Crippen LogP) is 3.07. The van der Waals surface area contributed by atoms with Crippen LogP contribution in [0.1, 0.15) is 60.5 Å². The van der Waals surface area contributed by atoms with Crippen LogP contribution in [-0.4, -0.2) is 5.91 Å². The number of carbonyl (C=O) groups excluding carboxylic acids is 1. The van der Waals surface area contributed by atoms with Gasteiger partial charge in [0.05, 0.1) is 11.1 Å². The van der Waals surface area contributed by atoms with Gasteiger partial charge in [0.2, 0.25) is 0 Å². The van der Waals surface area contributed by atoms with Crippen molar-refractivity contribution in [2.75, 3.05) is 0 Å². The molecule has 0 saturated heterocycles. The third-order valence-corrected chi connectivity index (χ3v) is 4.08. The first-order chi connectivity index (χ1) is 8.03. The largest absolute Gasteiger partial charge is 0.342 e. The molecule has 3 rings (SSSR count). The van der Waals surface area contributed by atoms with E-state index in [1.54, 1.807) is 0 Å². The lowest BCUT2D eigenvalue weighted by Gasteiger charge is -2.39. The second-order valence-electron chi connectivity index (χ2n) is 5.47. The monoisotopic (exact) mass is 233 g/mol. The zero-order valence-corrected chi connectivity index (χ0v) is 10.1. The molecule has 0 atom stereocenters. The van der Waals surface area contributed by atoms with Crippen LogP contribution >= 0.6 is 0 Å². The fourth-order valence-corrected chi connectivity index (χ4v) is 2.84. The van der Waals surface area contributed by atoms with Crippen molar-refractivity contribution < 1.29 is 9.18 Å². The van der Waals surface area contributed by atoms with Crippen molar-refractivity contribution in [3.8, 4) is 0 Å². The Kier molecular flexibility index (Phi) is 2.09. The summed E-state index contributed by atoms with van der Waals surface area (Å²) in [4.78, 5) is 11.8. The van der Waals surface area contributed by atoms with Crippen molar-refractivity contribution in [2.45, 2.75) is 44.6 Å². The predicted molar refractivity (Wildman–Crippen MR) is 63.5 cm³/mol. The number of rotatable bonds is 1. The summed E-state index contributed by atoms with van der Waals surface area (Å²) in [7, 11) is 0. The summed E-state index contributed by atoms with van der Waals surface area (Å²) in [5, 5.41) is 2.96. The smallest absolute Gasteiger partial charge is 0.255 e. The van der Waals surface area contributed by atoms with E-state index in [-0.39, 0.29) is 28.7 Å². The van der Waals surface area contributed by atoms with Gasteiger partial charge in [-0.1, -0.05) is 19.9 Å². The molecular weight excluding hydrogens is 217 g/mol. The Hall–Kier alpha value is -1.38. The second kappa shape index (κ2) is 3.31. The van der Waals surface area contributed by atoms with Gasteiger partial charge in [-0.3, -0.25) is 4.79 Å². The number of benzene rings is 1. The maximum Gasteiger partial charge on any atom is 0.255 e. The van der Waals surface area contributed by atoms with E-state index in [1.807, 2.05) is 19.9 Å². The van der Waals surface area contributed by atoms with Crippen LogP contribution in [0.5, 0.6) is 0 Å². The molecule has 0 bridgehead atoms. The van der Waals surface area contributed by atoms with Crippen LogP contribution < -0.4 is 5.32 Å². The Bertz CT molecular complexity index is 503. The summed E-state index contributed by atoms with van der Waals surface area (Å²) in [5.41, 5.74) is 1.88. The summed E-state index contributed by atoms with van der Waals surface area (Å²) in [6.07, 6.45) is 2.98. The third kappa shape index (κ3) is 1.34. The maximum atomic E-state index is 14.0. The molecule has 2 nitrogen and oxygen atoms in total. The quantitative estimate of drug-likeness (QED) is 0.793. The maximum absolute atomic E-state index is 14.0. The Labute approximate surface area is 100 Å². The SMILES string of the molecule is CC(C)c1cc(F)c2c(c1)C1(CCC1)NC2=O. The average Bonchev–Trinajstić information content (AvgIpc) is 2.51. The van der Waals surface area contributed by atoms with Gasteiger partial charge in [-0.2, -0.15) is 0 Å².